The summed E-state index contributed by atoms with van der Waals surface area (Å²) in [6, 6.07) is 5.76. The molecule has 1 unspecified atom stereocenters. The molecule has 0 aliphatic rings. The van der Waals surface area contributed by atoms with E-state index in [9.17, 15) is 5.11 Å². The van der Waals surface area contributed by atoms with Crippen LogP contribution in [0.2, 0.25) is 0 Å². The van der Waals surface area contributed by atoms with E-state index >= 15 is 0 Å². The highest BCUT2D eigenvalue weighted by Gasteiger charge is 2.14. The third kappa shape index (κ3) is 3.78. The third-order valence-electron chi connectivity index (χ3n) is 3.59. The first-order valence-corrected chi connectivity index (χ1v) is 7.27. The molecule has 0 spiro atoms. The quantitative estimate of drug-likeness (QED) is 0.847. The van der Waals surface area contributed by atoms with Crippen LogP contribution in [0, 0.1) is 0 Å². The van der Waals surface area contributed by atoms with E-state index in [0.29, 0.717) is 24.0 Å². The third-order valence-corrected chi connectivity index (χ3v) is 3.59. The summed E-state index contributed by atoms with van der Waals surface area (Å²) < 4.78 is 6.92. The van der Waals surface area contributed by atoms with Crippen LogP contribution in [0.5, 0.6) is 5.88 Å². The molecule has 0 fully saturated rings. The Bertz CT molecular complexity index is 549. The summed E-state index contributed by atoms with van der Waals surface area (Å²) in [5.74, 6) is 0.434. The molecule has 6 nitrogen and oxygen atoms in total. The van der Waals surface area contributed by atoms with Crippen molar-refractivity contribution in [2.75, 3.05) is 7.11 Å². The first-order chi connectivity index (χ1) is 10.2. The lowest BCUT2D eigenvalue weighted by Gasteiger charge is -2.12. The van der Waals surface area contributed by atoms with Crippen LogP contribution < -0.4 is 4.74 Å². The van der Waals surface area contributed by atoms with Crippen LogP contribution in [-0.2, 0) is 6.42 Å². The first-order valence-electron chi connectivity index (χ1n) is 7.27. The molecule has 0 radical (unpaired) electrons. The molecule has 1 N–H and O–H groups in total. The van der Waals surface area contributed by atoms with Gasteiger partial charge in [0.15, 0.2) is 0 Å². The molecule has 2 aromatic rings. The van der Waals surface area contributed by atoms with Crippen LogP contribution in [0.4, 0.5) is 0 Å². The number of hydrogen-bond acceptors (Lipinski definition) is 5. The Morgan fingerprint density at radius 1 is 1.19 bits per heavy atom. The molecule has 1 atom stereocenters. The second-order valence-electron chi connectivity index (χ2n) is 4.98. The molecule has 114 valence electrons. The minimum absolute atomic E-state index is 0.414. The van der Waals surface area contributed by atoms with E-state index in [1.165, 1.54) is 7.11 Å². The lowest BCUT2D eigenvalue weighted by atomic mass is 10.1. The first kappa shape index (κ1) is 15.4. The van der Waals surface area contributed by atoms with Crippen molar-refractivity contribution < 1.29 is 9.84 Å². The standard InChI is InChI=1S/C15H22N4O2/c1-4-12(5-2)19-9-8-11(18-19)10-14(20)13-6-7-15(21-3)17-16-13/h6-9,12,14,20H,4-5,10H2,1-3H3. The molecule has 0 aromatic carbocycles. The van der Waals surface area contributed by atoms with E-state index in [2.05, 4.69) is 29.1 Å². The van der Waals surface area contributed by atoms with Crippen molar-refractivity contribution in [3.63, 3.8) is 0 Å². The van der Waals surface area contributed by atoms with Gasteiger partial charge in [-0.05, 0) is 25.0 Å². The summed E-state index contributed by atoms with van der Waals surface area (Å²) in [6.07, 6.45) is 3.77. The van der Waals surface area contributed by atoms with Gasteiger partial charge < -0.3 is 9.84 Å². The van der Waals surface area contributed by atoms with Gasteiger partial charge in [-0.1, -0.05) is 13.8 Å². The van der Waals surface area contributed by atoms with Crippen LogP contribution in [0.15, 0.2) is 24.4 Å². The summed E-state index contributed by atoms with van der Waals surface area (Å²) in [5.41, 5.74) is 1.37. The highest BCUT2D eigenvalue weighted by molar-refractivity contribution is 5.14. The van der Waals surface area contributed by atoms with Gasteiger partial charge >= 0.3 is 0 Å². The molecular formula is C15H22N4O2. The van der Waals surface area contributed by atoms with E-state index in [0.717, 1.165) is 18.5 Å². The monoisotopic (exact) mass is 290 g/mol. The molecule has 0 saturated heterocycles. The zero-order valence-electron chi connectivity index (χ0n) is 12.7. The Labute approximate surface area is 124 Å². The second kappa shape index (κ2) is 7.17. The predicted octanol–water partition coefficient (Wildman–Crippen LogP) is 2.32. The molecule has 0 aliphatic heterocycles. The summed E-state index contributed by atoms with van der Waals surface area (Å²) in [6.45, 7) is 4.30. The number of aliphatic hydroxyl groups excluding tert-OH is 1. The summed E-state index contributed by atoms with van der Waals surface area (Å²) in [4.78, 5) is 0. The summed E-state index contributed by atoms with van der Waals surface area (Å²) >= 11 is 0. The van der Waals surface area contributed by atoms with Crippen molar-refractivity contribution in [2.45, 2.75) is 45.3 Å². The fourth-order valence-electron chi connectivity index (χ4n) is 2.27. The number of aliphatic hydroxyl groups is 1. The van der Waals surface area contributed by atoms with Gasteiger partial charge in [0.1, 0.15) is 6.10 Å². The second-order valence-corrected chi connectivity index (χ2v) is 4.98. The van der Waals surface area contributed by atoms with Gasteiger partial charge in [-0.2, -0.15) is 5.10 Å². The van der Waals surface area contributed by atoms with Gasteiger partial charge in [-0.25, -0.2) is 0 Å². The number of hydrogen-bond donors (Lipinski definition) is 1. The summed E-state index contributed by atoms with van der Waals surface area (Å²) in [5, 5.41) is 22.6. The smallest absolute Gasteiger partial charge is 0.233 e. The number of nitrogens with zero attached hydrogens (tertiary/aromatic N) is 4. The van der Waals surface area contributed by atoms with Crippen LogP contribution in [-0.4, -0.2) is 32.2 Å². The predicted molar refractivity (Wildman–Crippen MR) is 79.1 cm³/mol. The average Bonchev–Trinajstić information content (AvgIpc) is 2.97. The van der Waals surface area contributed by atoms with Gasteiger partial charge in [-0.15, -0.1) is 10.2 Å². The van der Waals surface area contributed by atoms with E-state index < -0.39 is 6.10 Å². The number of rotatable bonds is 7. The van der Waals surface area contributed by atoms with Crippen molar-refractivity contribution >= 4 is 0 Å². The van der Waals surface area contributed by atoms with Gasteiger partial charge in [0.2, 0.25) is 5.88 Å². The Morgan fingerprint density at radius 2 is 1.95 bits per heavy atom. The van der Waals surface area contributed by atoms with Crippen molar-refractivity contribution in [3.8, 4) is 5.88 Å². The summed E-state index contributed by atoms with van der Waals surface area (Å²) in [7, 11) is 1.53. The number of aromatic nitrogens is 4. The normalized spacial score (nSPS) is 12.6. The molecule has 2 heterocycles. The zero-order valence-corrected chi connectivity index (χ0v) is 12.7. The Kier molecular flexibility index (Phi) is 5.27. The Morgan fingerprint density at radius 3 is 2.52 bits per heavy atom. The molecule has 0 bridgehead atoms. The van der Waals surface area contributed by atoms with E-state index in [1.807, 2.05) is 16.9 Å². The fraction of sp³-hybridized carbons (Fsp3) is 0.533. The minimum atomic E-state index is -0.714. The molecule has 2 aromatic heterocycles. The van der Waals surface area contributed by atoms with Crippen molar-refractivity contribution in [1.82, 2.24) is 20.0 Å². The van der Waals surface area contributed by atoms with Crippen LogP contribution >= 0.6 is 0 Å². The van der Waals surface area contributed by atoms with Crippen LogP contribution in [0.25, 0.3) is 0 Å². The number of ether oxygens (including phenoxy) is 1. The van der Waals surface area contributed by atoms with Crippen LogP contribution in [0.1, 0.15) is 50.2 Å². The molecule has 0 amide bonds. The largest absolute Gasteiger partial charge is 0.480 e. The maximum atomic E-state index is 10.2. The molecule has 6 heteroatoms. The fourth-order valence-corrected chi connectivity index (χ4v) is 2.27. The lowest BCUT2D eigenvalue weighted by molar-refractivity contribution is 0.170. The van der Waals surface area contributed by atoms with Crippen molar-refractivity contribution in [3.05, 3.63) is 35.8 Å². The minimum Gasteiger partial charge on any atom is -0.480 e. The number of methoxy groups -OCH3 is 1. The average molecular weight is 290 g/mol. The highest BCUT2D eigenvalue weighted by atomic mass is 16.5. The molecule has 21 heavy (non-hydrogen) atoms. The van der Waals surface area contributed by atoms with Crippen LogP contribution in [0.3, 0.4) is 0 Å². The highest BCUT2D eigenvalue weighted by Crippen LogP contribution is 2.19. The van der Waals surface area contributed by atoms with Gasteiger partial charge in [0.05, 0.1) is 24.5 Å². The zero-order chi connectivity index (χ0) is 15.2. The lowest BCUT2D eigenvalue weighted by Crippen LogP contribution is -2.10. The van der Waals surface area contributed by atoms with Crippen molar-refractivity contribution in [2.24, 2.45) is 0 Å². The van der Waals surface area contributed by atoms with E-state index in [4.69, 9.17) is 4.74 Å². The Balaban J connectivity index is 2.03. The van der Waals surface area contributed by atoms with E-state index in [-0.39, 0.29) is 0 Å². The maximum Gasteiger partial charge on any atom is 0.233 e. The van der Waals surface area contributed by atoms with Crippen molar-refractivity contribution in [1.29, 1.82) is 0 Å². The maximum absolute atomic E-state index is 10.2. The van der Waals surface area contributed by atoms with Gasteiger partial charge in [-0.3, -0.25) is 4.68 Å². The molecular weight excluding hydrogens is 268 g/mol. The Hall–Kier alpha value is -1.95. The van der Waals surface area contributed by atoms with Gasteiger partial charge in [0, 0.05) is 18.7 Å². The molecule has 0 aliphatic carbocycles. The molecule has 0 saturated carbocycles. The SMILES string of the molecule is CCC(CC)n1ccc(CC(O)c2ccc(OC)nn2)n1. The molecule has 2 rings (SSSR count). The van der Waals surface area contributed by atoms with E-state index in [1.54, 1.807) is 12.1 Å². The van der Waals surface area contributed by atoms with Gasteiger partial charge in [0.25, 0.3) is 0 Å². The topological polar surface area (TPSA) is 73.1 Å².